The van der Waals surface area contributed by atoms with E-state index in [-0.39, 0.29) is 23.3 Å². The van der Waals surface area contributed by atoms with Gasteiger partial charge in [0.15, 0.2) is 21.7 Å². The van der Waals surface area contributed by atoms with E-state index < -0.39 is 21.9 Å². The first kappa shape index (κ1) is 19.1. The van der Waals surface area contributed by atoms with Gasteiger partial charge in [-0.3, -0.25) is 4.79 Å². The van der Waals surface area contributed by atoms with Crippen LogP contribution < -0.4 is 0 Å². The Bertz CT molecular complexity index is 859. The monoisotopic (exact) mass is 400 g/mol. The van der Waals surface area contributed by atoms with Crippen LogP contribution in [0.2, 0.25) is 5.15 Å². The summed E-state index contributed by atoms with van der Waals surface area (Å²) in [6, 6.07) is -0.292. The average Bonchev–Trinajstić information content (AvgIpc) is 3.07. The minimum atomic E-state index is -3.05. The van der Waals surface area contributed by atoms with Crippen molar-refractivity contribution in [2.75, 3.05) is 11.5 Å². The van der Waals surface area contributed by atoms with E-state index in [2.05, 4.69) is 5.10 Å². The second-order valence-electron chi connectivity index (χ2n) is 6.76. The Kier molecular flexibility index (Phi) is 5.53. The minimum Gasteiger partial charge on any atom is -0.451 e. The first-order valence-corrected chi connectivity index (χ1v) is 10.8. The van der Waals surface area contributed by atoms with E-state index in [1.54, 1.807) is 6.92 Å². The summed E-state index contributed by atoms with van der Waals surface area (Å²) in [7, 11) is -3.05. The Morgan fingerprint density at radius 1 is 1.35 bits per heavy atom. The summed E-state index contributed by atoms with van der Waals surface area (Å²) < 4.78 is 30.0. The fourth-order valence-corrected chi connectivity index (χ4v) is 5.41. The number of sulfone groups is 1. The lowest BCUT2D eigenvalue weighted by atomic mass is 9.96. The zero-order chi connectivity index (χ0) is 18.9. The van der Waals surface area contributed by atoms with Crippen molar-refractivity contribution >= 4 is 39.3 Å². The average molecular weight is 401 g/mol. The molecular weight excluding hydrogens is 380 g/mol. The van der Waals surface area contributed by atoms with Gasteiger partial charge in [0.2, 0.25) is 0 Å². The summed E-state index contributed by atoms with van der Waals surface area (Å²) in [5.74, 6) is -0.498. The van der Waals surface area contributed by atoms with Crippen molar-refractivity contribution in [3.63, 3.8) is 0 Å². The van der Waals surface area contributed by atoms with Crippen LogP contribution in [0.5, 0.6) is 0 Å². The number of Topliss-reactive ketones (excluding diaryl/α,β-unsaturated/α-hetero) is 1. The number of hydrogen-bond acceptors (Lipinski definition) is 6. The van der Waals surface area contributed by atoms with Crippen LogP contribution in [0.15, 0.2) is 6.08 Å². The van der Waals surface area contributed by atoms with Gasteiger partial charge in [-0.25, -0.2) is 17.9 Å². The number of aryl methyl sites for hydroxylation is 1. The predicted molar refractivity (Wildman–Crippen MR) is 96.7 cm³/mol. The quantitative estimate of drug-likeness (QED) is 0.568. The first-order valence-electron chi connectivity index (χ1n) is 8.63. The number of carbonyl (C=O) groups is 2. The van der Waals surface area contributed by atoms with Crippen molar-refractivity contribution in [1.82, 2.24) is 9.78 Å². The van der Waals surface area contributed by atoms with Crippen LogP contribution in [0.25, 0.3) is 6.08 Å². The summed E-state index contributed by atoms with van der Waals surface area (Å²) >= 11 is 6.35. The zero-order valence-corrected chi connectivity index (χ0v) is 16.1. The molecule has 2 atom stereocenters. The SMILES string of the molecule is Cc1nn([C@H]2CCS(=O)(=O)C2)c(Cl)c1/C=C/C(=O)O[C@H]1CCCCC1=O. The largest absolute Gasteiger partial charge is 0.451 e. The summed E-state index contributed by atoms with van der Waals surface area (Å²) in [6.45, 7) is 1.74. The Morgan fingerprint density at radius 2 is 2.12 bits per heavy atom. The van der Waals surface area contributed by atoms with Crippen molar-refractivity contribution in [2.24, 2.45) is 0 Å². The molecule has 0 radical (unpaired) electrons. The predicted octanol–water partition coefficient (Wildman–Crippen LogP) is 2.27. The molecule has 1 saturated heterocycles. The molecule has 3 rings (SSSR count). The molecule has 2 heterocycles. The lowest BCUT2D eigenvalue weighted by molar-refractivity contribution is -0.152. The molecule has 0 aromatic carbocycles. The molecule has 0 spiro atoms. The highest BCUT2D eigenvalue weighted by Crippen LogP contribution is 2.30. The molecule has 1 saturated carbocycles. The van der Waals surface area contributed by atoms with Gasteiger partial charge in [-0.2, -0.15) is 5.10 Å². The molecule has 1 aromatic heterocycles. The maximum Gasteiger partial charge on any atom is 0.331 e. The first-order chi connectivity index (χ1) is 12.3. The zero-order valence-electron chi connectivity index (χ0n) is 14.5. The lowest BCUT2D eigenvalue weighted by Gasteiger charge is -2.19. The highest BCUT2D eigenvalue weighted by molar-refractivity contribution is 7.91. The number of ketones is 1. The molecule has 0 bridgehead atoms. The van der Waals surface area contributed by atoms with E-state index >= 15 is 0 Å². The molecule has 0 N–H and O–H groups in total. The van der Waals surface area contributed by atoms with Gasteiger partial charge in [0.25, 0.3) is 0 Å². The highest BCUT2D eigenvalue weighted by Gasteiger charge is 2.32. The third-order valence-corrected chi connectivity index (χ3v) is 6.90. The van der Waals surface area contributed by atoms with E-state index in [9.17, 15) is 18.0 Å². The van der Waals surface area contributed by atoms with Crippen molar-refractivity contribution in [2.45, 2.75) is 51.2 Å². The summed E-state index contributed by atoms with van der Waals surface area (Å²) in [6.07, 6.45) is 5.26. The number of hydrogen-bond donors (Lipinski definition) is 0. The molecular formula is C17H21ClN2O5S. The number of carbonyl (C=O) groups excluding carboxylic acids is 2. The Balaban J connectivity index is 1.70. The second-order valence-corrected chi connectivity index (χ2v) is 9.35. The molecule has 2 aliphatic rings. The molecule has 7 nitrogen and oxygen atoms in total. The smallest absolute Gasteiger partial charge is 0.331 e. The number of rotatable bonds is 4. The molecule has 1 aliphatic heterocycles. The standard InChI is InChI=1S/C17H21ClN2O5S/c1-11-13(6-7-16(22)25-15-5-3-2-4-14(15)21)17(18)20(19-11)12-8-9-26(23,24)10-12/h6-7,12,15H,2-5,8-10H2,1H3/b7-6+/t12-,15-/m0/s1. The molecule has 0 amide bonds. The normalized spacial score (nSPS) is 25.7. The van der Waals surface area contributed by atoms with Crippen LogP contribution >= 0.6 is 11.6 Å². The number of ether oxygens (including phenoxy) is 1. The van der Waals surface area contributed by atoms with Crippen LogP contribution in [0, 0.1) is 6.92 Å². The highest BCUT2D eigenvalue weighted by atomic mass is 35.5. The minimum absolute atomic E-state index is 0.0167. The Hall–Kier alpha value is -1.67. The van der Waals surface area contributed by atoms with Gasteiger partial charge in [-0.1, -0.05) is 11.6 Å². The summed E-state index contributed by atoms with van der Waals surface area (Å²) in [5, 5.41) is 4.62. The van der Waals surface area contributed by atoms with Crippen molar-refractivity contribution < 1.29 is 22.7 Å². The molecule has 1 aliphatic carbocycles. The Labute approximate surface area is 157 Å². The molecule has 9 heteroatoms. The van der Waals surface area contributed by atoms with Gasteiger partial charge in [-0.05, 0) is 38.7 Å². The molecule has 142 valence electrons. The number of aromatic nitrogens is 2. The molecule has 0 unspecified atom stereocenters. The maximum absolute atomic E-state index is 12.0. The molecule has 2 fully saturated rings. The van der Waals surface area contributed by atoms with E-state index in [1.165, 1.54) is 16.8 Å². The van der Waals surface area contributed by atoms with Gasteiger partial charge in [0.1, 0.15) is 5.15 Å². The third kappa shape index (κ3) is 4.17. The number of esters is 1. The van der Waals surface area contributed by atoms with Crippen molar-refractivity contribution in [3.05, 3.63) is 22.5 Å². The molecule has 1 aromatic rings. The third-order valence-electron chi connectivity index (χ3n) is 4.77. The van der Waals surface area contributed by atoms with Crippen LogP contribution in [0.3, 0.4) is 0 Å². The van der Waals surface area contributed by atoms with E-state index in [0.29, 0.717) is 35.7 Å². The van der Waals surface area contributed by atoms with Gasteiger partial charge in [-0.15, -0.1) is 0 Å². The maximum atomic E-state index is 12.0. The summed E-state index contributed by atoms with van der Waals surface area (Å²) in [4.78, 5) is 23.7. The van der Waals surface area contributed by atoms with Crippen molar-refractivity contribution in [3.8, 4) is 0 Å². The van der Waals surface area contributed by atoms with Gasteiger partial charge >= 0.3 is 5.97 Å². The molecule has 26 heavy (non-hydrogen) atoms. The van der Waals surface area contributed by atoms with E-state index in [4.69, 9.17) is 16.3 Å². The van der Waals surface area contributed by atoms with Crippen LogP contribution in [0.4, 0.5) is 0 Å². The topological polar surface area (TPSA) is 95.3 Å². The second kappa shape index (κ2) is 7.52. The van der Waals surface area contributed by atoms with Gasteiger partial charge < -0.3 is 4.74 Å². The number of halogens is 1. The fraction of sp³-hybridized carbons (Fsp3) is 0.588. The van der Waals surface area contributed by atoms with Crippen molar-refractivity contribution in [1.29, 1.82) is 0 Å². The van der Waals surface area contributed by atoms with Crippen LogP contribution in [-0.2, 0) is 24.2 Å². The number of nitrogens with zero attached hydrogens (tertiary/aromatic N) is 2. The van der Waals surface area contributed by atoms with E-state index in [0.717, 1.165) is 12.8 Å². The van der Waals surface area contributed by atoms with E-state index in [1.807, 2.05) is 0 Å². The summed E-state index contributed by atoms with van der Waals surface area (Å²) in [5.41, 5.74) is 1.14. The fourth-order valence-electron chi connectivity index (χ4n) is 3.34. The van der Waals surface area contributed by atoms with Gasteiger partial charge in [0, 0.05) is 18.1 Å². The Morgan fingerprint density at radius 3 is 2.77 bits per heavy atom. The van der Waals surface area contributed by atoms with Gasteiger partial charge in [0.05, 0.1) is 23.2 Å². The van der Waals surface area contributed by atoms with Crippen LogP contribution in [0.1, 0.15) is 49.4 Å². The van der Waals surface area contributed by atoms with Crippen LogP contribution in [-0.4, -0.2) is 47.6 Å². The lowest BCUT2D eigenvalue weighted by Crippen LogP contribution is -2.29.